The predicted octanol–water partition coefficient (Wildman–Crippen LogP) is 4.60. The Kier molecular flexibility index (Phi) is 5.82. The van der Waals surface area contributed by atoms with E-state index in [0.29, 0.717) is 13.0 Å². The summed E-state index contributed by atoms with van der Waals surface area (Å²) in [6, 6.07) is 9.58. The number of halogens is 1. The highest BCUT2D eigenvalue weighted by Gasteiger charge is 2.28. The molecule has 2 heterocycles. The molecule has 1 N–H and O–H groups in total. The summed E-state index contributed by atoms with van der Waals surface area (Å²) in [5.41, 5.74) is 5.62. The summed E-state index contributed by atoms with van der Waals surface area (Å²) in [6.07, 6.45) is 3.16. The Labute approximate surface area is 194 Å². The van der Waals surface area contributed by atoms with E-state index in [1.165, 1.54) is 0 Å². The SMILES string of the molecule is CCN1CCN(c2cc3c(cc2Cl)CCN3C(=O)Nc2ccc3c(c2)CCCC3=O)CC1. The zero-order valence-electron chi connectivity index (χ0n) is 18.5. The van der Waals surface area contributed by atoms with Gasteiger partial charge in [0, 0.05) is 50.4 Å². The van der Waals surface area contributed by atoms with Gasteiger partial charge < -0.3 is 15.1 Å². The molecule has 0 atom stereocenters. The van der Waals surface area contributed by atoms with Crippen LogP contribution in [0.1, 0.15) is 41.3 Å². The van der Waals surface area contributed by atoms with Crippen molar-refractivity contribution < 1.29 is 9.59 Å². The summed E-state index contributed by atoms with van der Waals surface area (Å²) in [5, 5.41) is 3.80. The minimum atomic E-state index is -0.144. The van der Waals surface area contributed by atoms with Gasteiger partial charge in [0.25, 0.3) is 0 Å². The van der Waals surface area contributed by atoms with Crippen LogP contribution in [0.3, 0.4) is 0 Å². The third-order valence-electron chi connectivity index (χ3n) is 6.96. The van der Waals surface area contributed by atoms with Gasteiger partial charge in [0.05, 0.1) is 16.4 Å². The van der Waals surface area contributed by atoms with Crippen LogP contribution >= 0.6 is 11.6 Å². The summed E-state index contributed by atoms with van der Waals surface area (Å²) < 4.78 is 0. The molecule has 2 aromatic carbocycles. The Morgan fingerprint density at radius 2 is 1.78 bits per heavy atom. The van der Waals surface area contributed by atoms with E-state index in [4.69, 9.17) is 11.6 Å². The molecule has 1 fully saturated rings. The molecule has 2 aliphatic heterocycles. The Morgan fingerprint density at radius 1 is 0.969 bits per heavy atom. The van der Waals surface area contributed by atoms with Gasteiger partial charge in [-0.25, -0.2) is 4.79 Å². The number of nitrogens with one attached hydrogen (secondary N) is 1. The zero-order valence-corrected chi connectivity index (χ0v) is 19.2. The number of aryl methyl sites for hydroxylation is 1. The van der Waals surface area contributed by atoms with E-state index in [9.17, 15) is 9.59 Å². The number of anilines is 3. The molecular weight excluding hydrogens is 424 g/mol. The van der Waals surface area contributed by atoms with Crippen molar-refractivity contribution in [2.75, 3.05) is 54.4 Å². The molecule has 0 bridgehead atoms. The lowest BCUT2D eigenvalue weighted by atomic mass is 9.90. The second-order valence-corrected chi connectivity index (χ2v) is 9.24. The van der Waals surface area contributed by atoms with Crippen molar-refractivity contribution in [3.8, 4) is 0 Å². The predicted molar refractivity (Wildman–Crippen MR) is 130 cm³/mol. The molecule has 5 rings (SSSR count). The number of ketones is 1. The number of benzene rings is 2. The van der Waals surface area contributed by atoms with Crippen LogP contribution in [0.25, 0.3) is 0 Å². The highest BCUT2D eigenvalue weighted by molar-refractivity contribution is 6.33. The number of carbonyl (C=O) groups excluding carboxylic acids is 2. The number of amides is 2. The monoisotopic (exact) mass is 452 g/mol. The van der Waals surface area contributed by atoms with Crippen molar-refractivity contribution in [1.29, 1.82) is 0 Å². The lowest BCUT2D eigenvalue weighted by Crippen LogP contribution is -2.46. The lowest BCUT2D eigenvalue weighted by Gasteiger charge is -2.36. The topological polar surface area (TPSA) is 55.9 Å². The third kappa shape index (κ3) is 3.97. The summed E-state index contributed by atoms with van der Waals surface area (Å²) >= 11 is 6.65. The molecule has 32 heavy (non-hydrogen) atoms. The van der Waals surface area contributed by atoms with E-state index in [1.807, 2.05) is 29.2 Å². The molecule has 2 amide bonds. The Balaban J connectivity index is 1.34. The zero-order chi connectivity index (χ0) is 22.2. The molecule has 1 aliphatic carbocycles. The summed E-state index contributed by atoms with van der Waals surface area (Å²) in [4.78, 5) is 31.8. The highest BCUT2D eigenvalue weighted by atomic mass is 35.5. The van der Waals surface area contributed by atoms with Crippen LogP contribution in [0.2, 0.25) is 5.02 Å². The number of piperazine rings is 1. The van der Waals surface area contributed by atoms with Gasteiger partial charge in [-0.3, -0.25) is 9.69 Å². The number of nitrogens with zero attached hydrogens (tertiary/aromatic N) is 3. The molecule has 168 valence electrons. The van der Waals surface area contributed by atoms with Gasteiger partial charge in [0.2, 0.25) is 0 Å². The molecule has 0 spiro atoms. The lowest BCUT2D eigenvalue weighted by molar-refractivity contribution is 0.0972. The van der Waals surface area contributed by atoms with Crippen molar-refractivity contribution >= 4 is 40.5 Å². The van der Waals surface area contributed by atoms with Gasteiger partial charge in [-0.2, -0.15) is 0 Å². The van der Waals surface area contributed by atoms with E-state index >= 15 is 0 Å². The van der Waals surface area contributed by atoms with Crippen LogP contribution in [0.15, 0.2) is 30.3 Å². The number of Topliss-reactive ketones (excluding diaryl/α,β-unsaturated/α-hetero) is 1. The fourth-order valence-electron chi connectivity index (χ4n) is 5.07. The first-order chi connectivity index (χ1) is 15.5. The van der Waals surface area contributed by atoms with Gasteiger partial charge in [-0.05, 0) is 67.3 Å². The van der Waals surface area contributed by atoms with Crippen molar-refractivity contribution in [3.63, 3.8) is 0 Å². The number of carbonyl (C=O) groups is 2. The second kappa shape index (κ2) is 8.75. The first-order valence-electron chi connectivity index (χ1n) is 11.6. The average Bonchev–Trinajstić information content (AvgIpc) is 3.21. The average molecular weight is 453 g/mol. The van der Waals surface area contributed by atoms with E-state index in [0.717, 1.165) is 90.8 Å². The number of fused-ring (bicyclic) bond motifs is 2. The van der Waals surface area contributed by atoms with Crippen molar-refractivity contribution in [3.05, 3.63) is 52.0 Å². The largest absolute Gasteiger partial charge is 0.368 e. The molecule has 0 aromatic heterocycles. The van der Waals surface area contributed by atoms with Crippen molar-refractivity contribution in [2.24, 2.45) is 0 Å². The summed E-state index contributed by atoms with van der Waals surface area (Å²) in [6.45, 7) is 7.81. The van der Waals surface area contributed by atoms with Crippen molar-refractivity contribution in [1.82, 2.24) is 4.90 Å². The number of rotatable bonds is 3. The van der Waals surface area contributed by atoms with Crippen LogP contribution in [0.5, 0.6) is 0 Å². The maximum atomic E-state index is 13.2. The minimum Gasteiger partial charge on any atom is -0.368 e. The van der Waals surface area contributed by atoms with Gasteiger partial charge in [0.15, 0.2) is 5.78 Å². The van der Waals surface area contributed by atoms with Crippen LogP contribution in [0.4, 0.5) is 21.9 Å². The highest BCUT2D eigenvalue weighted by Crippen LogP contribution is 2.38. The smallest absolute Gasteiger partial charge is 0.326 e. The molecule has 0 saturated carbocycles. The van der Waals surface area contributed by atoms with Gasteiger partial charge in [-0.1, -0.05) is 18.5 Å². The minimum absolute atomic E-state index is 0.144. The van der Waals surface area contributed by atoms with Gasteiger partial charge in [-0.15, -0.1) is 0 Å². The molecule has 0 radical (unpaired) electrons. The second-order valence-electron chi connectivity index (χ2n) is 8.83. The number of likely N-dealkylation sites (N-methyl/N-ethyl adjacent to an activating group) is 1. The van der Waals surface area contributed by atoms with Crippen LogP contribution in [0, 0.1) is 0 Å². The van der Waals surface area contributed by atoms with E-state index in [2.05, 4.69) is 28.1 Å². The van der Waals surface area contributed by atoms with Crippen LogP contribution < -0.4 is 15.1 Å². The molecule has 7 heteroatoms. The fraction of sp³-hybridized carbons (Fsp3) is 0.440. The third-order valence-corrected chi connectivity index (χ3v) is 7.26. The molecular formula is C25H29ClN4O2. The van der Waals surface area contributed by atoms with Crippen molar-refractivity contribution in [2.45, 2.75) is 32.6 Å². The normalized spacial score (nSPS) is 18.5. The Hall–Kier alpha value is -2.57. The first-order valence-corrected chi connectivity index (χ1v) is 12.0. The van der Waals surface area contributed by atoms with Crippen LogP contribution in [-0.2, 0) is 12.8 Å². The number of hydrogen-bond acceptors (Lipinski definition) is 4. The van der Waals surface area contributed by atoms with E-state index in [1.54, 1.807) is 0 Å². The Morgan fingerprint density at radius 3 is 2.56 bits per heavy atom. The molecule has 6 nitrogen and oxygen atoms in total. The molecule has 0 unspecified atom stereocenters. The fourth-order valence-corrected chi connectivity index (χ4v) is 5.38. The maximum Gasteiger partial charge on any atom is 0.326 e. The van der Waals surface area contributed by atoms with E-state index in [-0.39, 0.29) is 11.8 Å². The first kappa shape index (κ1) is 21.3. The van der Waals surface area contributed by atoms with Gasteiger partial charge in [0.1, 0.15) is 0 Å². The van der Waals surface area contributed by atoms with E-state index < -0.39 is 0 Å². The maximum absolute atomic E-state index is 13.2. The Bertz CT molecular complexity index is 1060. The standard InChI is InChI=1S/C25H29ClN4O2/c1-2-28-10-12-29(13-11-28)23-16-22-18(15-21(23)26)8-9-30(22)25(32)27-19-6-7-20-17(14-19)4-3-5-24(20)31/h6-7,14-16H,2-5,8-13H2,1H3,(H,27,32). The van der Waals surface area contributed by atoms with Crippen LogP contribution in [-0.4, -0.2) is 56.0 Å². The molecule has 1 saturated heterocycles. The summed E-state index contributed by atoms with van der Waals surface area (Å²) in [5.74, 6) is 0.196. The summed E-state index contributed by atoms with van der Waals surface area (Å²) in [7, 11) is 0. The number of hydrogen-bond donors (Lipinski definition) is 1. The molecule has 2 aromatic rings. The number of urea groups is 1. The quantitative estimate of drug-likeness (QED) is 0.739. The molecule has 3 aliphatic rings. The van der Waals surface area contributed by atoms with Gasteiger partial charge >= 0.3 is 6.03 Å².